The van der Waals surface area contributed by atoms with Gasteiger partial charge in [-0.3, -0.25) is 0 Å². The van der Waals surface area contributed by atoms with E-state index in [4.69, 9.17) is 28.9 Å². The lowest BCUT2D eigenvalue weighted by atomic mass is 9.69. The molecular formula is C14H19Cl2N. The predicted octanol–water partition coefficient (Wildman–Crippen LogP) is 4.96. The maximum absolute atomic E-state index is 6.43. The van der Waals surface area contributed by atoms with E-state index in [0.717, 1.165) is 5.56 Å². The lowest BCUT2D eigenvalue weighted by Gasteiger charge is -2.39. The maximum atomic E-state index is 6.43. The molecule has 0 heterocycles. The Balaban J connectivity index is 2.29. The second kappa shape index (κ2) is 5.17. The predicted molar refractivity (Wildman–Crippen MR) is 74.6 cm³/mol. The Morgan fingerprint density at radius 3 is 2.47 bits per heavy atom. The van der Waals surface area contributed by atoms with Crippen LogP contribution in [0.5, 0.6) is 0 Å². The monoisotopic (exact) mass is 271 g/mol. The van der Waals surface area contributed by atoms with Gasteiger partial charge in [-0.05, 0) is 29.9 Å². The lowest BCUT2D eigenvalue weighted by molar-refractivity contribution is 0.170. The van der Waals surface area contributed by atoms with E-state index in [1.54, 1.807) is 0 Å². The molecule has 0 bridgehead atoms. The van der Waals surface area contributed by atoms with Gasteiger partial charge in [0.2, 0.25) is 0 Å². The highest BCUT2D eigenvalue weighted by Gasteiger charge is 2.35. The third-order valence-corrected chi connectivity index (χ3v) is 4.90. The largest absolute Gasteiger partial charge is 0.323 e. The van der Waals surface area contributed by atoms with Gasteiger partial charge in [0.25, 0.3) is 0 Å². The maximum Gasteiger partial charge on any atom is 0.0640 e. The summed E-state index contributed by atoms with van der Waals surface area (Å²) >= 11 is 12.3. The molecule has 1 atom stereocenters. The van der Waals surface area contributed by atoms with Crippen LogP contribution in [-0.2, 0) is 0 Å². The fourth-order valence-electron chi connectivity index (χ4n) is 2.81. The molecule has 0 aromatic heterocycles. The first-order valence-electron chi connectivity index (χ1n) is 6.24. The van der Waals surface area contributed by atoms with Gasteiger partial charge in [0, 0.05) is 6.04 Å². The van der Waals surface area contributed by atoms with Crippen molar-refractivity contribution in [1.82, 2.24) is 0 Å². The highest BCUT2D eigenvalue weighted by molar-refractivity contribution is 6.42. The minimum Gasteiger partial charge on any atom is -0.323 e. The molecule has 1 nitrogen and oxygen atoms in total. The Labute approximate surface area is 113 Å². The average Bonchev–Trinajstić information content (AvgIpc) is 2.33. The zero-order valence-electron chi connectivity index (χ0n) is 10.2. The molecule has 1 aromatic carbocycles. The number of nitrogens with two attached hydrogens (primary N) is 1. The summed E-state index contributed by atoms with van der Waals surface area (Å²) in [6.07, 6.45) is 6.21. The van der Waals surface area contributed by atoms with Gasteiger partial charge in [-0.1, -0.05) is 61.5 Å². The highest BCUT2D eigenvalue weighted by Crippen LogP contribution is 2.46. The summed E-state index contributed by atoms with van der Waals surface area (Å²) in [5.41, 5.74) is 7.58. The molecule has 3 heteroatoms. The van der Waals surface area contributed by atoms with Crippen LogP contribution in [0.1, 0.15) is 50.6 Å². The number of halogens is 2. The van der Waals surface area contributed by atoms with Gasteiger partial charge >= 0.3 is 0 Å². The summed E-state index contributed by atoms with van der Waals surface area (Å²) in [7, 11) is 0. The Morgan fingerprint density at radius 1 is 1.18 bits per heavy atom. The van der Waals surface area contributed by atoms with E-state index in [0.29, 0.717) is 10.0 Å². The summed E-state index contributed by atoms with van der Waals surface area (Å²) in [5, 5.41) is 1.22. The SMILES string of the molecule is CC1(C(N)c2cccc(Cl)c2Cl)CCCCC1. The van der Waals surface area contributed by atoms with Gasteiger partial charge in [0.1, 0.15) is 0 Å². The molecule has 2 N–H and O–H groups in total. The van der Waals surface area contributed by atoms with E-state index >= 15 is 0 Å². The minimum absolute atomic E-state index is 0.0194. The van der Waals surface area contributed by atoms with E-state index in [2.05, 4.69) is 6.92 Å². The zero-order valence-corrected chi connectivity index (χ0v) is 11.7. The number of rotatable bonds is 2. The zero-order chi connectivity index (χ0) is 12.5. The summed E-state index contributed by atoms with van der Waals surface area (Å²) in [5.74, 6) is 0. The van der Waals surface area contributed by atoms with Crippen LogP contribution >= 0.6 is 23.2 Å². The Hall–Kier alpha value is -0.240. The Morgan fingerprint density at radius 2 is 1.82 bits per heavy atom. The summed E-state index contributed by atoms with van der Waals surface area (Å²) in [6, 6.07) is 5.71. The van der Waals surface area contributed by atoms with Crippen molar-refractivity contribution in [3.05, 3.63) is 33.8 Å². The summed E-state index contributed by atoms with van der Waals surface area (Å²) < 4.78 is 0. The Bertz CT molecular complexity index is 397. The fourth-order valence-corrected chi connectivity index (χ4v) is 3.23. The Kier molecular flexibility index (Phi) is 4.02. The van der Waals surface area contributed by atoms with Crippen molar-refractivity contribution in [1.29, 1.82) is 0 Å². The first-order chi connectivity index (χ1) is 8.04. The average molecular weight is 272 g/mol. The molecule has 1 fully saturated rings. The van der Waals surface area contributed by atoms with Gasteiger partial charge < -0.3 is 5.73 Å². The summed E-state index contributed by atoms with van der Waals surface area (Å²) in [6.45, 7) is 2.27. The topological polar surface area (TPSA) is 26.0 Å². The fraction of sp³-hybridized carbons (Fsp3) is 0.571. The molecular weight excluding hydrogens is 253 g/mol. The van der Waals surface area contributed by atoms with E-state index < -0.39 is 0 Å². The van der Waals surface area contributed by atoms with Crippen LogP contribution in [0.2, 0.25) is 10.0 Å². The molecule has 0 radical (unpaired) electrons. The second-order valence-corrected chi connectivity index (χ2v) is 6.12. The van der Waals surface area contributed by atoms with Crippen molar-refractivity contribution in [3.63, 3.8) is 0 Å². The summed E-state index contributed by atoms with van der Waals surface area (Å²) in [4.78, 5) is 0. The van der Waals surface area contributed by atoms with E-state index in [9.17, 15) is 0 Å². The van der Waals surface area contributed by atoms with Crippen LogP contribution in [0, 0.1) is 5.41 Å². The van der Waals surface area contributed by atoms with Gasteiger partial charge in [-0.25, -0.2) is 0 Å². The number of hydrogen-bond donors (Lipinski definition) is 1. The second-order valence-electron chi connectivity index (χ2n) is 5.34. The first-order valence-corrected chi connectivity index (χ1v) is 7.00. The van der Waals surface area contributed by atoms with Crippen molar-refractivity contribution in [2.45, 2.75) is 45.1 Å². The van der Waals surface area contributed by atoms with Crippen molar-refractivity contribution in [3.8, 4) is 0 Å². The lowest BCUT2D eigenvalue weighted by Crippen LogP contribution is -2.34. The van der Waals surface area contributed by atoms with Crippen LogP contribution in [0.25, 0.3) is 0 Å². The van der Waals surface area contributed by atoms with E-state index in [1.165, 1.54) is 32.1 Å². The molecule has 0 spiro atoms. The van der Waals surface area contributed by atoms with Crippen molar-refractivity contribution < 1.29 is 0 Å². The van der Waals surface area contributed by atoms with Gasteiger partial charge in [-0.15, -0.1) is 0 Å². The molecule has 0 saturated heterocycles. The van der Waals surface area contributed by atoms with Gasteiger partial charge in [0.05, 0.1) is 10.0 Å². The number of hydrogen-bond acceptors (Lipinski definition) is 1. The van der Waals surface area contributed by atoms with Crippen LogP contribution in [0.3, 0.4) is 0 Å². The molecule has 1 saturated carbocycles. The van der Waals surface area contributed by atoms with Crippen LogP contribution < -0.4 is 5.73 Å². The minimum atomic E-state index is -0.0194. The van der Waals surface area contributed by atoms with Crippen molar-refractivity contribution in [2.75, 3.05) is 0 Å². The molecule has 0 aliphatic heterocycles. The van der Waals surface area contributed by atoms with Crippen molar-refractivity contribution in [2.24, 2.45) is 11.1 Å². The van der Waals surface area contributed by atoms with Crippen LogP contribution in [0.4, 0.5) is 0 Å². The molecule has 1 aliphatic carbocycles. The molecule has 94 valence electrons. The third-order valence-electron chi connectivity index (χ3n) is 4.06. The van der Waals surface area contributed by atoms with Gasteiger partial charge in [-0.2, -0.15) is 0 Å². The van der Waals surface area contributed by atoms with Crippen molar-refractivity contribution >= 4 is 23.2 Å². The third kappa shape index (κ3) is 2.62. The van der Waals surface area contributed by atoms with E-state index in [-0.39, 0.29) is 11.5 Å². The molecule has 1 aromatic rings. The molecule has 1 aliphatic rings. The van der Waals surface area contributed by atoms with Crippen LogP contribution in [-0.4, -0.2) is 0 Å². The molecule has 1 unspecified atom stereocenters. The standard InChI is InChI=1S/C14H19Cl2N/c1-14(8-3-2-4-9-14)13(17)10-6-5-7-11(15)12(10)16/h5-7,13H,2-4,8-9,17H2,1H3. The molecule has 2 rings (SSSR count). The molecule has 0 amide bonds. The molecule has 17 heavy (non-hydrogen) atoms. The van der Waals surface area contributed by atoms with E-state index in [1.807, 2.05) is 18.2 Å². The van der Waals surface area contributed by atoms with Gasteiger partial charge in [0.15, 0.2) is 0 Å². The smallest absolute Gasteiger partial charge is 0.0640 e. The highest BCUT2D eigenvalue weighted by atomic mass is 35.5. The van der Waals surface area contributed by atoms with Crippen LogP contribution in [0.15, 0.2) is 18.2 Å². The normalized spacial score (nSPS) is 21.2. The quantitative estimate of drug-likeness (QED) is 0.808. The number of benzene rings is 1. The first kappa shape index (κ1) is 13.2.